The smallest absolute Gasteiger partial charge is 0.293 e. The number of anilines is 1. The van der Waals surface area contributed by atoms with Crippen molar-refractivity contribution in [3.63, 3.8) is 0 Å². The van der Waals surface area contributed by atoms with E-state index in [1.807, 2.05) is 98.3 Å². The minimum Gasteiger partial charge on any atom is -0.489 e. The monoisotopic (exact) mass is 361 g/mol. The molecule has 3 aromatic rings. The number of aryl methyl sites for hydroxylation is 1. The second-order valence-corrected chi connectivity index (χ2v) is 6.65. The molecule has 0 fully saturated rings. The van der Waals surface area contributed by atoms with Crippen molar-refractivity contribution in [1.82, 2.24) is 0 Å². The van der Waals surface area contributed by atoms with Gasteiger partial charge < -0.3 is 10.1 Å². The Kier molecular flexibility index (Phi) is 5.87. The summed E-state index contributed by atoms with van der Waals surface area (Å²) >= 11 is 0. The van der Waals surface area contributed by atoms with Gasteiger partial charge in [-0.1, -0.05) is 30.3 Å². The Morgan fingerprint density at radius 3 is 2.41 bits per heavy atom. The standard InChI is InChI=1S/C23H24N2O2/c1-17-8-7-15-25(18(17)2)19(3)23(26)24-21-11-13-22(14-12-21)27-16-20-9-5-4-6-10-20/h4-15,19H,16H2,1-3H3/p+1/t19-/m1/s1. The van der Waals surface area contributed by atoms with E-state index in [4.69, 9.17) is 4.74 Å². The Balaban J connectivity index is 1.60. The molecule has 0 spiro atoms. The fourth-order valence-corrected chi connectivity index (χ4v) is 2.88. The third-order valence-electron chi connectivity index (χ3n) is 4.72. The van der Waals surface area contributed by atoms with Gasteiger partial charge in [-0.15, -0.1) is 0 Å². The molecule has 0 aliphatic heterocycles. The maximum Gasteiger partial charge on any atom is 0.293 e. The number of benzene rings is 2. The molecule has 1 aromatic heterocycles. The summed E-state index contributed by atoms with van der Waals surface area (Å²) in [7, 11) is 0. The van der Waals surface area contributed by atoms with Crippen LogP contribution in [0.2, 0.25) is 0 Å². The first-order valence-electron chi connectivity index (χ1n) is 9.09. The molecule has 0 aliphatic carbocycles. The minimum absolute atomic E-state index is 0.0494. The molecule has 3 rings (SSSR count). The lowest BCUT2D eigenvalue weighted by atomic mass is 10.2. The Morgan fingerprint density at radius 1 is 1.00 bits per heavy atom. The molecule has 1 atom stereocenters. The molecule has 0 bridgehead atoms. The number of carbonyl (C=O) groups excluding carboxylic acids is 1. The van der Waals surface area contributed by atoms with E-state index in [2.05, 4.69) is 5.32 Å². The van der Waals surface area contributed by atoms with Crippen molar-refractivity contribution in [2.45, 2.75) is 33.4 Å². The summed E-state index contributed by atoms with van der Waals surface area (Å²) in [5.74, 6) is 0.723. The lowest BCUT2D eigenvalue weighted by molar-refractivity contribution is -0.711. The molecule has 1 amide bonds. The average molecular weight is 361 g/mol. The molecule has 0 saturated carbocycles. The van der Waals surface area contributed by atoms with Crippen LogP contribution in [0.3, 0.4) is 0 Å². The van der Waals surface area contributed by atoms with Crippen molar-refractivity contribution >= 4 is 11.6 Å². The summed E-state index contributed by atoms with van der Waals surface area (Å²) in [4.78, 5) is 12.6. The van der Waals surface area contributed by atoms with Crippen LogP contribution in [-0.2, 0) is 11.4 Å². The molecular weight excluding hydrogens is 336 g/mol. The number of aromatic nitrogens is 1. The van der Waals surface area contributed by atoms with E-state index >= 15 is 0 Å². The van der Waals surface area contributed by atoms with Crippen molar-refractivity contribution < 1.29 is 14.1 Å². The van der Waals surface area contributed by atoms with Gasteiger partial charge in [-0.3, -0.25) is 4.79 Å². The normalized spacial score (nSPS) is 11.7. The summed E-state index contributed by atoms with van der Waals surface area (Å²) in [6.07, 6.45) is 1.94. The third-order valence-corrected chi connectivity index (χ3v) is 4.72. The zero-order valence-electron chi connectivity index (χ0n) is 16.0. The van der Waals surface area contributed by atoms with Gasteiger partial charge in [0.1, 0.15) is 12.4 Å². The summed E-state index contributed by atoms with van der Waals surface area (Å²) in [6, 6.07) is 21.2. The van der Waals surface area contributed by atoms with Gasteiger partial charge in [0.05, 0.1) is 0 Å². The number of rotatable bonds is 6. The number of nitrogens with zero attached hydrogens (tertiary/aromatic N) is 1. The van der Waals surface area contributed by atoms with Crippen LogP contribution in [0.5, 0.6) is 5.75 Å². The number of amides is 1. The molecule has 0 radical (unpaired) electrons. The molecule has 0 unspecified atom stereocenters. The fourth-order valence-electron chi connectivity index (χ4n) is 2.88. The number of nitrogens with one attached hydrogen (secondary N) is 1. The van der Waals surface area contributed by atoms with Crippen LogP contribution in [0.4, 0.5) is 5.69 Å². The maximum atomic E-state index is 12.6. The van der Waals surface area contributed by atoms with Crippen molar-refractivity contribution in [2.75, 3.05) is 5.32 Å². The van der Waals surface area contributed by atoms with E-state index < -0.39 is 0 Å². The summed E-state index contributed by atoms with van der Waals surface area (Å²) in [5, 5.41) is 2.97. The first-order chi connectivity index (χ1) is 13.0. The van der Waals surface area contributed by atoms with Gasteiger partial charge in [0, 0.05) is 31.2 Å². The van der Waals surface area contributed by atoms with E-state index in [1.54, 1.807) is 0 Å². The van der Waals surface area contributed by atoms with Gasteiger partial charge in [0.25, 0.3) is 5.91 Å². The molecule has 0 saturated heterocycles. The van der Waals surface area contributed by atoms with Gasteiger partial charge in [-0.2, -0.15) is 4.57 Å². The van der Waals surface area contributed by atoms with Crippen molar-refractivity contribution in [3.05, 3.63) is 89.7 Å². The van der Waals surface area contributed by atoms with Gasteiger partial charge in [-0.05, 0) is 42.8 Å². The predicted molar refractivity (Wildman–Crippen MR) is 107 cm³/mol. The van der Waals surface area contributed by atoms with Crippen LogP contribution >= 0.6 is 0 Å². The van der Waals surface area contributed by atoms with E-state index in [1.165, 1.54) is 0 Å². The van der Waals surface area contributed by atoms with Crippen LogP contribution in [-0.4, -0.2) is 5.91 Å². The van der Waals surface area contributed by atoms with Gasteiger partial charge in [0.15, 0.2) is 11.9 Å². The highest BCUT2D eigenvalue weighted by Gasteiger charge is 2.24. The largest absolute Gasteiger partial charge is 0.489 e. The first-order valence-corrected chi connectivity index (χ1v) is 9.09. The SMILES string of the molecule is Cc1ccc[n+]([C@H](C)C(=O)Nc2ccc(OCc3ccccc3)cc2)c1C. The number of hydrogen-bond donors (Lipinski definition) is 1. The molecule has 138 valence electrons. The lowest BCUT2D eigenvalue weighted by Crippen LogP contribution is -2.47. The van der Waals surface area contributed by atoms with Crippen molar-refractivity contribution in [3.8, 4) is 5.75 Å². The number of carbonyl (C=O) groups is 1. The molecule has 1 N–H and O–H groups in total. The van der Waals surface area contributed by atoms with Gasteiger partial charge >= 0.3 is 0 Å². The molecule has 0 aliphatic rings. The van der Waals surface area contributed by atoms with E-state index in [0.29, 0.717) is 6.61 Å². The maximum absolute atomic E-state index is 12.6. The van der Waals surface area contributed by atoms with Crippen LogP contribution in [0, 0.1) is 13.8 Å². The number of pyridine rings is 1. The first kappa shape index (κ1) is 18.6. The number of hydrogen-bond acceptors (Lipinski definition) is 2. The topological polar surface area (TPSA) is 42.2 Å². The second kappa shape index (κ2) is 8.49. The zero-order chi connectivity index (χ0) is 19.2. The summed E-state index contributed by atoms with van der Waals surface area (Å²) in [5.41, 5.74) is 4.13. The molecular formula is C23H25N2O2+. The van der Waals surface area contributed by atoms with Crippen LogP contribution in [0.1, 0.15) is 29.8 Å². The Morgan fingerprint density at radius 2 is 1.70 bits per heavy atom. The predicted octanol–water partition coefficient (Wildman–Crippen LogP) is 4.37. The number of ether oxygens (including phenoxy) is 1. The van der Waals surface area contributed by atoms with Crippen molar-refractivity contribution in [1.29, 1.82) is 0 Å². The van der Waals surface area contributed by atoms with E-state index in [9.17, 15) is 4.79 Å². The Bertz CT molecular complexity index is 905. The average Bonchev–Trinajstić information content (AvgIpc) is 2.70. The van der Waals surface area contributed by atoms with Crippen molar-refractivity contribution in [2.24, 2.45) is 0 Å². The Labute approximate surface area is 160 Å². The summed E-state index contributed by atoms with van der Waals surface area (Å²) < 4.78 is 7.77. The van der Waals surface area contributed by atoms with E-state index in [0.717, 1.165) is 28.3 Å². The highest BCUT2D eigenvalue weighted by Crippen LogP contribution is 2.18. The molecule has 4 heteroatoms. The van der Waals surface area contributed by atoms with Gasteiger partial charge in [-0.25, -0.2) is 0 Å². The third kappa shape index (κ3) is 4.73. The zero-order valence-corrected chi connectivity index (χ0v) is 16.0. The summed E-state index contributed by atoms with van der Waals surface area (Å²) in [6.45, 7) is 6.49. The van der Waals surface area contributed by atoms with Crippen LogP contribution < -0.4 is 14.6 Å². The second-order valence-electron chi connectivity index (χ2n) is 6.65. The Hall–Kier alpha value is -3.14. The fraction of sp³-hybridized carbons (Fsp3) is 0.217. The highest BCUT2D eigenvalue weighted by atomic mass is 16.5. The van der Waals surface area contributed by atoms with Gasteiger partial charge in [0.2, 0.25) is 6.04 Å². The highest BCUT2D eigenvalue weighted by molar-refractivity contribution is 5.92. The quantitative estimate of drug-likeness (QED) is 0.663. The lowest BCUT2D eigenvalue weighted by Gasteiger charge is -2.12. The van der Waals surface area contributed by atoms with E-state index in [-0.39, 0.29) is 11.9 Å². The van der Waals surface area contributed by atoms with Crippen LogP contribution in [0.25, 0.3) is 0 Å². The molecule has 27 heavy (non-hydrogen) atoms. The molecule has 4 nitrogen and oxygen atoms in total. The minimum atomic E-state index is -0.293. The molecule has 2 aromatic carbocycles. The molecule has 1 heterocycles. The van der Waals surface area contributed by atoms with Crippen LogP contribution in [0.15, 0.2) is 72.9 Å².